The van der Waals surface area contributed by atoms with E-state index in [1.807, 2.05) is 4.90 Å². The second-order valence-electron chi connectivity index (χ2n) is 2.87. The lowest BCUT2D eigenvalue weighted by Gasteiger charge is -2.19. The second-order valence-corrected chi connectivity index (χ2v) is 2.87. The average molecular weight is 157 g/mol. The number of likely N-dealkylation sites (tertiary alicyclic amines) is 1. The molecule has 0 aliphatic carbocycles. The predicted octanol–water partition coefficient (Wildman–Crippen LogP) is -0.747. The molecule has 0 saturated carbocycles. The molecule has 1 fully saturated rings. The van der Waals surface area contributed by atoms with Gasteiger partial charge in [-0.15, -0.1) is 0 Å². The van der Waals surface area contributed by atoms with Gasteiger partial charge < -0.3 is 5.11 Å². The van der Waals surface area contributed by atoms with Crippen LogP contribution in [0.4, 0.5) is 0 Å². The van der Waals surface area contributed by atoms with Gasteiger partial charge in [-0.25, -0.2) is 0 Å². The fourth-order valence-corrected chi connectivity index (χ4v) is 1.49. The third kappa shape index (κ3) is 2.17. The molecule has 1 amide bonds. The van der Waals surface area contributed by atoms with E-state index in [0.717, 1.165) is 19.4 Å². The van der Waals surface area contributed by atoms with Gasteiger partial charge in [0.25, 0.3) is 5.91 Å². The van der Waals surface area contributed by atoms with Crippen molar-refractivity contribution in [2.75, 3.05) is 19.7 Å². The number of carbonyl (C=O) groups excluding carboxylic acids is 1. The van der Waals surface area contributed by atoms with Crippen LogP contribution in [0.3, 0.4) is 0 Å². The molecule has 0 bridgehead atoms. The Labute approximate surface area is 66.0 Å². The van der Waals surface area contributed by atoms with Crippen molar-refractivity contribution >= 4 is 5.91 Å². The van der Waals surface area contributed by atoms with Crippen molar-refractivity contribution in [3.63, 3.8) is 0 Å². The van der Waals surface area contributed by atoms with Crippen molar-refractivity contribution in [2.45, 2.75) is 18.9 Å². The molecule has 0 aromatic heterocycles. The number of aliphatic hydroxyl groups is 1. The Morgan fingerprint density at radius 2 is 2.45 bits per heavy atom. The molecule has 1 saturated heterocycles. The molecule has 1 atom stereocenters. The topological polar surface area (TPSA) is 64.3 Å². The van der Waals surface area contributed by atoms with Crippen LogP contribution in [0.5, 0.6) is 0 Å². The lowest BCUT2D eigenvalue weighted by Crippen LogP contribution is -2.36. The Morgan fingerprint density at radius 1 is 1.73 bits per heavy atom. The van der Waals surface area contributed by atoms with Crippen LogP contribution in [-0.2, 0) is 4.79 Å². The summed E-state index contributed by atoms with van der Waals surface area (Å²) >= 11 is 0. The summed E-state index contributed by atoms with van der Waals surface area (Å²) in [6.07, 6.45) is 1.97. The fraction of sp³-hybridized carbons (Fsp3) is 0.857. The number of hydrogen-bond donors (Lipinski definition) is 1. The number of nitrogens with one attached hydrogen (secondary N) is 1. The van der Waals surface area contributed by atoms with Gasteiger partial charge in [0.1, 0.15) is 0 Å². The predicted molar refractivity (Wildman–Crippen MR) is 39.8 cm³/mol. The van der Waals surface area contributed by atoms with Crippen LogP contribution in [0, 0.1) is 0 Å². The molecule has 1 heterocycles. The van der Waals surface area contributed by atoms with Crippen LogP contribution in [0.1, 0.15) is 12.8 Å². The monoisotopic (exact) mass is 157 g/mol. The number of nitrogens with zero attached hydrogens (tertiary/aromatic N) is 1. The Bertz CT molecular complexity index is 149. The quantitative estimate of drug-likeness (QED) is 0.586. The molecule has 11 heavy (non-hydrogen) atoms. The molecule has 0 aromatic rings. The normalized spacial score (nSPS) is 25.7. The van der Waals surface area contributed by atoms with Crippen LogP contribution in [0.15, 0.2) is 0 Å². The Kier molecular flexibility index (Phi) is 2.84. The molecule has 4 nitrogen and oxygen atoms in total. The second kappa shape index (κ2) is 3.69. The van der Waals surface area contributed by atoms with E-state index in [0.29, 0.717) is 0 Å². The van der Waals surface area contributed by atoms with Gasteiger partial charge in [0.15, 0.2) is 0 Å². The number of carbonyl (C=O) groups is 1. The van der Waals surface area contributed by atoms with E-state index < -0.39 is 5.91 Å². The number of rotatable bonds is 3. The first-order valence-electron chi connectivity index (χ1n) is 3.83. The number of amides is 1. The summed E-state index contributed by atoms with van der Waals surface area (Å²) in [4.78, 5) is 12.3. The summed E-state index contributed by atoms with van der Waals surface area (Å²) in [6.45, 7) is 1.12. The SMILES string of the molecule is [NH]C(=O)CN1CCCC1CO. The zero-order chi connectivity index (χ0) is 8.27. The highest BCUT2D eigenvalue weighted by molar-refractivity contribution is 5.75. The summed E-state index contributed by atoms with van der Waals surface area (Å²) in [5.74, 6) is -0.564. The van der Waals surface area contributed by atoms with Crippen LogP contribution < -0.4 is 5.73 Å². The van der Waals surface area contributed by atoms with Gasteiger partial charge in [-0.1, -0.05) is 0 Å². The highest BCUT2D eigenvalue weighted by Crippen LogP contribution is 2.15. The lowest BCUT2D eigenvalue weighted by atomic mass is 10.2. The molecule has 1 unspecified atom stereocenters. The van der Waals surface area contributed by atoms with Crippen molar-refractivity contribution in [2.24, 2.45) is 0 Å². The minimum atomic E-state index is -0.564. The number of aliphatic hydroxyl groups excluding tert-OH is 1. The van der Waals surface area contributed by atoms with Gasteiger partial charge in [-0.05, 0) is 19.4 Å². The molecule has 63 valence electrons. The highest BCUT2D eigenvalue weighted by Gasteiger charge is 2.24. The smallest absolute Gasteiger partial charge is 0.252 e. The third-order valence-corrected chi connectivity index (χ3v) is 2.06. The van der Waals surface area contributed by atoms with Crippen LogP contribution in [0.25, 0.3) is 0 Å². The van der Waals surface area contributed by atoms with Crippen molar-refractivity contribution in [3.05, 3.63) is 0 Å². The minimum Gasteiger partial charge on any atom is -0.395 e. The first kappa shape index (κ1) is 8.49. The molecule has 1 radical (unpaired) electrons. The molecule has 4 heteroatoms. The van der Waals surface area contributed by atoms with Crippen molar-refractivity contribution in [1.29, 1.82) is 0 Å². The van der Waals surface area contributed by atoms with Gasteiger partial charge in [-0.2, -0.15) is 0 Å². The zero-order valence-corrected chi connectivity index (χ0v) is 6.42. The lowest BCUT2D eigenvalue weighted by molar-refractivity contribution is -0.120. The van der Waals surface area contributed by atoms with E-state index in [9.17, 15) is 4.79 Å². The van der Waals surface area contributed by atoms with E-state index in [2.05, 4.69) is 0 Å². The zero-order valence-electron chi connectivity index (χ0n) is 6.42. The first-order valence-corrected chi connectivity index (χ1v) is 3.83. The van der Waals surface area contributed by atoms with Crippen LogP contribution >= 0.6 is 0 Å². The fourth-order valence-electron chi connectivity index (χ4n) is 1.49. The largest absolute Gasteiger partial charge is 0.395 e. The van der Waals surface area contributed by atoms with Gasteiger partial charge in [0.2, 0.25) is 0 Å². The summed E-state index contributed by atoms with van der Waals surface area (Å²) < 4.78 is 0. The molecular weight excluding hydrogens is 144 g/mol. The van der Waals surface area contributed by atoms with Crippen molar-refractivity contribution in [3.8, 4) is 0 Å². The summed E-state index contributed by atoms with van der Waals surface area (Å²) in [5.41, 5.74) is 6.75. The molecule has 1 rings (SSSR count). The maximum absolute atomic E-state index is 10.4. The average Bonchev–Trinajstić information content (AvgIpc) is 2.34. The first-order chi connectivity index (χ1) is 5.24. The van der Waals surface area contributed by atoms with Crippen LogP contribution in [-0.4, -0.2) is 41.7 Å². The van der Waals surface area contributed by atoms with E-state index in [4.69, 9.17) is 10.8 Å². The van der Waals surface area contributed by atoms with E-state index in [-0.39, 0.29) is 19.2 Å². The Hall–Kier alpha value is -0.610. The maximum atomic E-state index is 10.4. The third-order valence-electron chi connectivity index (χ3n) is 2.06. The Balaban J connectivity index is 2.37. The van der Waals surface area contributed by atoms with Crippen molar-refractivity contribution in [1.82, 2.24) is 10.6 Å². The molecule has 2 N–H and O–H groups in total. The maximum Gasteiger partial charge on any atom is 0.252 e. The number of hydrogen-bond acceptors (Lipinski definition) is 3. The highest BCUT2D eigenvalue weighted by atomic mass is 16.3. The van der Waals surface area contributed by atoms with Crippen LogP contribution in [0.2, 0.25) is 0 Å². The molecular formula is C7H13N2O2. The van der Waals surface area contributed by atoms with Crippen molar-refractivity contribution < 1.29 is 9.90 Å². The summed E-state index contributed by atoms with van der Waals surface area (Å²) in [6, 6.07) is 0.115. The molecule has 1 aliphatic rings. The molecule has 0 aromatic carbocycles. The van der Waals surface area contributed by atoms with E-state index in [1.165, 1.54) is 0 Å². The van der Waals surface area contributed by atoms with Gasteiger partial charge in [0.05, 0.1) is 13.2 Å². The van der Waals surface area contributed by atoms with E-state index >= 15 is 0 Å². The standard InChI is InChI=1S/C7H13N2O2/c8-7(11)4-9-3-1-2-6(9)5-10/h6,8,10H,1-5H2. The Morgan fingerprint density at radius 3 is 3.00 bits per heavy atom. The van der Waals surface area contributed by atoms with Gasteiger partial charge >= 0.3 is 0 Å². The summed E-state index contributed by atoms with van der Waals surface area (Å²) in [5, 5.41) is 8.84. The van der Waals surface area contributed by atoms with E-state index in [1.54, 1.807) is 0 Å². The van der Waals surface area contributed by atoms with Gasteiger partial charge in [0, 0.05) is 6.04 Å². The molecule has 1 aliphatic heterocycles. The molecule has 0 spiro atoms. The van der Waals surface area contributed by atoms with Gasteiger partial charge in [-0.3, -0.25) is 15.4 Å². The minimum absolute atomic E-state index is 0.104. The summed E-state index contributed by atoms with van der Waals surface area (Å²) in [7, 11) is 0.